The van der Waals surface area contributed by atoms with E-state index < -0.39 is 0 Å². The van der Waals surface area contributed by atoms with Crippen molar-refractivity contribution in [1.29, 1.82) is 0 Å². The van der Waals surface area contributed by atoms with Gasteiger partial charge >= 0.3 is 0 Å². The number of nitrogens with zero attached hydrogens (tertiary/aromatic N) is 4. The molecule has 1 spiro atoms. The van der Waals surface area contributed by atoms with Gasteiger partial charge in [-0.1, -0.05) is 12.1 Å². The lowest BCUT2D eigenvalue weighted by atomic mass is 9.79. The van der Waals surface area contributed by atoms with Crippen LogP contribution in [0.5, 0.6) is 5.75 Å². The summed E-state index contributed by atoms with van der Waals surface area (Å²) in [7, 11) is 1.70. The number of ether oxygens (including phenoxy) is 1. The monoisotopic (exact) mass is 310 g/mol. The normalized spacial score (nSPS) is 19.8. The molecule has 0 N–H and O–H groups in total. The topological polar surface area (TPSA) is 41.5 Å². The highest BCUT2D eigenvalue weighted by Gasteiger charge is 2.47. The average molecular weight is 310 g/mol. The summed E-state index contributed by atoms with van der Waals surface area (Å²) in [6.07, 6.45) is 4.89. The van der Waals surface area contributed by atoms with E-state index in [2.05, 4.69) is 31.9 Å². The average Bonchev–Trinajstić information content (AvgIpc) is 3.01. The maximum atomic E-state index is 5.21. The molecule has 2 aliphatic rings. The Bertz CT molecular complexity index is 652. The standard InChI is InChI=1S/C18H22N4O/c1-23-16-5-3-15(4-6-16)11-21-12-18(13-21)7-10-22(14-18)17-19-8-2-9-20-17/h2-6,8-9H,7,10-14H2,1H3. The quantitative estimate of drug-likeness (QED) is 0.866. The molecule has 2 aliphatic heterocycles. The third kappa shape index (κ3) is 2.88. The van der Waals surface area contributed by atoms with Crippen molar-refractivity contribution in [3.05, 3.63) is 48.3 Å². The molecular formula is C18H22N4O. The molecule has 5 nitrogen and oxygen atoms in total. The second-order valence-electron chi connectivity index (χ2n) is 6.71. The molecule has 120 valence electrons. The van der Waals surface area contributed by atoms with Crippen LogP contribution in [0.2, 0.25) is 0 Å². The predicted octanol–water partition coefficient (Wildman–Crippen LogP) is 2.20. The zero-order valence-electron chi connectivity index (χ0n) is 13.5. The lowest BCUT2D eigenvalue weighted by Gasteiger charge is -2.48. The highest BCUT2D eigenvalue weighted by molar-refractivity contribution is 5.33. The van der Waals surface area contributed by atoms with Crippen LogP contribution in [0.4, 0.5) is 5.95 Å². The third-order valence-electron chi connectivity index (χ3n) is 4.96. The van der Waals surface area contributed by atoms with E-state index in [9.17, 15) is 0 Å². The van der Waals surface area contributed by atoms with Gasteiger partial charge in [0.1, 0.15) is 5.75 Å². The first kappa shape index (κ1) is 14.5. The Morgan fingerprint density at radius 1 is 1.09 bits per heavy atom. The summed E-state index contributed by atoms with van der Waals surface area (Å²) >= 11 is 0. The van der Waals surface area contributed by atoms with E-state index in [1.807, 2.05) is 30.6 Å². The number of rotatable bonds is 4. The Hall–Kier alpha value is -2.14. The number of hydrogen-bond acceptors (Lipinski definition) is 5. The molecule has 4 rings (SSSR count). The SMILES string of the molecule is COc1ccc(CN2CC3(CCN(c4ncccn4)C3)C2)cc1. The minimum absolute atomic E-state index is 0.436. The molecule has 3 heterocycles. The van der Waals surface area contributed by atoms with Crippen LogP contribution in [0.15, 0.2) is 42.7 Å². The second kappa shape index (κ2) is 5.81. The lowest BCUT2D eigenvalue weighted by Crippen LogP contribution is -2.56. The molecule has 5 heteroatoms. The van der Waals surface area contributed by atoms with E-state index in [0.29, 0.717) is 5.41 Å². The molecule has 1 aromatic heterocycles. The molecule has 0 aliphatic carbocycles. The Kier molecular flexibility index (Phi) is 3.65. The molecule has 2 aromatic rings. The first-order chi connectivity index (χ1) is 11.3. The van der Waals surface area contributed by atoms with Gasteiger partial charge in [0, 0.05) is 50.5 Å². The van der Waals surface area contributed by atoms with Gasteiger partial charge in [-0.15, -0.1) is 0 Å². The summed E-state index contributed by atoms with van der Waals surface area (Å²) in [5.41, 5.74) is 1.79. The summed E-state index contributed by atoms with van der Waals surface area (Å²) < 4.78 is 5.21. The maximum absolute atomic E-state index is 5.21. The molecule has 0 radical (unpaired) electrons. The number of methoxy groups -OCH3 is 1. The molecule has 0 amide bonds. The zero-order valence-corrected chi connectivity index (χ0v) is 13.5. The first-order valence-corrected chi connectivity index (χ1v) is 8.14. The number of aromatic nitrogens is 2. The summed E-state index contributed by atoms with van der Waals surface area (Å²) in [6.45, 7) is 5.51. The maximum Gasteiger partial charge on any atom is 0.225 e. The fourth-order valence-electron chi connectivity index (χ4n) is 3.82. The van der Waals surface area contributed by atoms with E-state index in [0.717, 1.165) is 31.3 Å². The molecule has 0 unspecified atom stereocenters. The smallest absolute Gasteiger partial charge is 0.225 e. The van der Waals surface area contributed by atoms with E-state index in [-0.39, 0.29) is 0 Å². The van der Waals surface area contributed by atoms with Crippen LogP contribution in [0.3, 0.4) is 0 Å². The molecular weight excluding hydrogens is 288 g/mol. The van der Waals surface area contributed by atoms with Crippen LogP contribution in [-0.4, -0.2) is 48.2 Å². The minimum atomic E-state index is 0.436. The van der Waals surface area contributed by atoms with Crippen LogP contribution >= 0.6 is 0 Å². The Morgan fingerprint density at radius 3 is 2.52 bits per heavy atom. The van der Waals surface area contributed by atoms with Crippen molar-refractivity contribution in [1.82, 2.24) is 14.9 Å². The molecule has 23 heavy (non-hydrogen) atoms. The van der Waals surface area contributed by atoms with Gasteiger partial charge in [0.2, 0.25) is 5.95 Å². The summed E-state index contributed by atoms with van der Waals surface area (Å²) in [5.74, 6) is 1.79. The van der Waals surface area contributed by atoms with Gasteiger partial charge in [-0.3, -0.25) is 4.90 Å². The number of benzene rings is 1. The Balaban J connectivity index is 1.32. The predicted molar refractivity (Wildman–Crippen MR) is 89.6 cm³/mol. The number of anilines is 1. The van der Waals surface area contributed by atoms with E-state index in [1.165, 1.54) is 25.1 Å². The van der Waals surface area contributed by atoms with Crippen molar-refractivity contribution in [2.24, 2.45) is 5.41 Å². The van der Waals surface area contributed by atoms with E-state index >= 15 is 0 Å². The summed E-state index contributed by atoms with van der Waals surface area (Å²) in [4.78, 5) is 13.6. The number of hydrogen-bond donors (Lipinski definition) is 0. The van der Waals surface area contributed by atoms with Gasteiger partial charge in [0.25, 0.3) is 0 Å². The van der Waals surface area contributed by atoms with Crippen LogP contribution in [0.25, 0.3) is 0 Å². The van der Waals surface area contributed by atoms with Crippen LogP contribution in [0.1, 0.15) is 12.0 Å². The second-order valence-corrected chi connectivity index (χ2v) is 6.71. The summed E-state index contributed by atoms with van der Waals surface area (Å²) in [6, 6.07) is 10.3. The highest BCUT2D eigenvalue weighted by atomic mass is 16.5. The first-order valence-electron chi connectivity index (χ1n) is 8.14. The van der Waals surface area contributed by atoms with Crippen molar-refractivity contribution in [3.8, 4) is 5.75 Å². The molecule has 1 aromatic carbocycles. The largest absolute Gasteiger partial charge is 0.497 e. The van der Waals surface area contributed by atoms with Gasteiger partial charge in [0.15, 0.2) is 0 Å². The van der Waals surface area contributed by atoms with Crippen molar-refractivity contribution in [2.45, 2.75) is 13.0 Å². The van der Waals surface area contributed by atoms with Crippen molar-refractivity contribution in [3.63, 3.8) is 0 Å². The van der Waals surface area contributed by atoms with Crippen LogP contribution in [-0.2, 0) is 6.54 Å². The fourth-order valence-corrected chi connectivity index (χ4v) is 3.82. The van der Waals surface area contributed by atoms with Gasteiger partial charge in [-0.2, -0.15) is 0 Å². The molecule has 2 saturated heterocycles. The highest BCUT2D eigenvalue weighted by Crippen LogP contribution is 2.40. The lowest BCUT2D eigenvalue weighted by molar-refractivity contribution is 0.0116. The van der Waals surface area contributed by atoms with Crippen molar-refractivity contribution < 1.29 is 4.74 Å². The van der Waals surface area contributed by atoms with E-state index in [1.54, 1.807) is 7.11 Å². The Labute approximate surface area is 136 Å². The summed E-state index contributed by atoms with van der Waals surface area (Å²) in [5, 5.41) is 0. The number of likely N-dealkylation sites (tertiary alicyclic amines) is 1. The van der Waals surface area contributed by atoms with Crippen LogP contribution in [0, 0.1) is 5.41 Å². The van der Waals surface area contributed by atoms with Crippen molar-refractivity contribution >= 4 is 5.95 Å². The molecule has 0 saturated carbocycles. The van der Waals surface area contributed by atoms with Gasteiger partial charge in [-0.05, 0) is 30.2 Å². The van der Waals surface area contributed by atoms with E-state index in [4.69, 9.17) is 4.74 Å². The van der Waals surface area contributed by atoms with Gasteiger partial charge in [0.05, 0.1) is 7.11 Å². The minimum Gasteiger partial charge on any atom is -0.497 e. The fraction of sp³-hybridized carbons (Fsp3) is 0.444. The molecule has 2 fully saturated rings. The van der Waals surface area contributed by atoms with Gasteiger partial charge in [-0.25, -0.2) is 9.97 Å². The third-order valence-corrected chi connectivity index (χ3v) is 4.96. The molecule has 0 atom stereocenters. The zero-order chi connectivity index (χ0) is 15.7. The molecule has 0 bridgehead atoms. The van der Waals surface area contributed by atoms with Crippen LogP contribution < -0.4 is 9.64 Å². The van der Waals surface area contributed by atoms with Gasteiger partial charge < -0.3 is 9.64 Å². The Morgan fingerprint density at radius 2 is 1.83 bits per heavy atom. The van der Waals surface area contributed by atoms with Crippen molar-refractivity contribution in [2.75, 3.05) is 38.2 Å².